The molecule has 0 radical (unpaired) electrons. The summed E-state index contributed by atoms with van der Waals surface area (Å²) in [7, 11) is -2.17. The first-order valence-corrected chi connectivity index (χ1v) is 5.66. The molecule has 0 saturated heterocycles. The summed E-state index contributed by atoms with van der Waals surface area (Å²) < 4.78 is 1.15. The third kappa shape index (κ3) is 8.76. The molecule has 1 heterocycles. The summed E-state index contributed by atoms with van der Waals surface area (Å²) in [6.07, 6.45) is 5.26. The summed E-state index contributed by atoms with van der Waals surface area (Å²) in [4.78, 5) is 8.00. The third-order valence-electron chi connectivity index (χ3n) is 0.979. The molecular weight excluding hydrogens is 186 g/mol. The van der Waals surface area contributed by atoms with Gasteiger partial charge in [0.2, 0.25) is 0 Å². The van der Waals surface area contributed by atoms with Crippen molar-refractivity contribution < 1.29 is 15.1 Å². The number of rotatable bonds is 1. The number of nitrogens with zero attached hydrogens (tertiary/aromatic N) is 2. The van der Waals surface area contributed by atoms with Gasteiger partial charge < -0.3 is 15.1 Å². The van der Waals surface area contributed by atoms with Gasteiger partial charge in [0.25, 0.3) is 0 Å². The SMILES string of the molecule is OB(O)O.[K][CH2]c1cnccn1. The molecule has 0 saturated carbocycles. The number of hydrogen-bond acceptors (Lipinski definition) is 5. The van der Waals surface area contributed by atoms with Gasteiger partial charge in [-0.1, -0.05) is 0 Å². The van der Waals surface area contributed by atoms with E-state index in [1.807, 2.05) is 6.20 Å². The molecule has 1 aromatic heterocycles. The molecule has 12 heavy (non-hydrogen) atoms. The van der Waals surface area contributed by atoms with Crippen molar-refractivity contribution >= 4 is 56.3 Å². The minimum atomic E-state index is -2.17. The van der Waals surface area contributed by atoms with Gasteiger partial charge in [-0.05, 0) is 0 Å². The molecule has 7 heteroatoms. The van der Waals surface area contributed by atoms with E-state index in [0.29, 0.717) is 0 Å². The van der Waals surface area contributed by atoms with Crippen LogP contribution in [0.5, 0.6) is 0 Å². The van der Waals surface area contributed by atoms with Crippen LogP contribution in [0.3, 0.4) is 0 Å². The van der Waals surface area contributed by atoms with E-state index in [4.69, 9.17) is 15.1 Å². The Balaban J connectivity index is 0.000000261. The molecule has 1 rings (SSSR count). The van der Waals surface area contributed by atoms with E-state index in [2.05, 4.69) is 9.97 Å². The van der Waals surface area contributed by atoms with Crippen LogP contribution in [0.2, 0.25) is 0 Å². The van der Waals surface area contributed by atoms with Crippen molar-refractivity contribution in [3.63, 3.8) is 0 Å². The molecule has 0 aromatic carbocycles. The molecule has 0 aliphatic rings. The molecule has 0 fully saturated rings. The molecule has 0 aliphatic heterocycles. The zero-order chi connectivity index (χ0) is 9.40. The third-order valence-corrected chi connectivity index (χ3v) is 2.11. The first-order chi connectivity index (χ1) is 5.66. The van der Waals surface area contributed by atoms with Gasteiger partial charge in [-0.2, -0.15) is 0 Å². The van der Waals surface area contributed by atoms with Crippen molar-refractivity contribution in [2.75, 3.05) is 0 Å². The Kier molecular flexibility index (Phi) is 8.72. The summed E-state index contributed by atoms with van der Waals surface area (Å²) in [5.74, 6) is 0. The van der Waals surface area contributed by atoms with Crippen LogP contribution in [-0.2, 0) is 0.515 Å². The fourth-order valence-corrected chi connectivity index (χ4v) is 1.08. The van der Waals surface area contributed by atoms with E-state index < -0.39 is 7.32 Å². The predicted octanol–water partition coefficient (Wildman–Crippen LogP) is -1.91. The topological polar surface area (TPSA) is 86.5 Å². The van der Waals surface area contributed by atoms with Crippen molar-refractivity contribution in [2.24, 2.45) is 0 Å². The van der Waals surface area contributed by atoms with Crippen LogP contribution in [0.25, 0.3) is 0 Å². The van der Waals surface area contributed by atoms with Gasteiger partial charge in [-0.15, -0.1) is 0 Å². The summed E-state index contributed by atoms with van der Waals surface area (Å²) in [5.41, 5.74) is 1.13. The van der Waals surface area contributed by atoms with Crippen LogP contribution < -0.4 is 0 Å². The molecule has 60 valence electrons. The van der Waals surface area contributed by atoms with E-state index >= 15 is 0 Å². The van der Waals surface area contributed by atoms with Crippen LogP contribution >= 0.6 is 0 Å². The molecule has 0 atom stereocenters. The fourth-order valence-electron chi connectivity index (χ4n) is 0.513. The zero-order valence-electron chi connectivity index (χ0n) is 6.75. The Bertz CT molecular complexity index is 196. The molecule has 0 unspecified atom stereocenters. The van der Waals surface area contributed by atoms with Crippen LogP contribution in [-0.4, -0.2) is 81.3 Å². The summed E-state index contributed by atoms with van der Waals surface area (Å²) >= 11 is 0.864. The van der Waals surface area contributed by atoms with Gasteiger partial charge >= 0.3 is 91.0 Å². The monoisotopic (exact) mass is 194 g/mol. The first-order valence-electron chi connectivity index (χ1n) is 3.46. The second-order valence-electron chi connectivity index (χ2n) is 1.90. The summed E-state index contributed by atoms with van der Waals surface area (Å²) in [6, 6.07) is 0. The van der Waals surface area contributed by atoms with Crippen molar-refractivity contribution in [2.45, 2.75) is 0.515 Å². The van der Waals surface area contributed by atoms with Crippen LogP contribution in [0, 0.1) is 0 Å². The van der Waals surface area contributed by atoms with Crippen molar-refractivity contribution in [1.82, 2.24) is 9.97 Å². The van der Waals surface area contributed by atoms with E-state index in [-0.39, 0.29) is 0 Å². The summed E-state index contributed by atoms with van der Waals surface area (Å²) in [5, 5.41) is 21.5. The van der Waals surface area contributed by atoms with Crippen molar-refractivity contribution in [3.05, 3.63) is 24.3 Å². The van der Waals surface area contributed by atoms with E-state index in [9.17, 15) is 0 Å². The second-order valence-corrected chi connectivity index (χ2v) is 3.00. The van der Waals surface area contributed by atoms with Gasteiger partial charge in [-0.25, -0.2) is 0 Å². The van der Waals surface area contributed by atoms with Gasteiger partial charge in [0.15, 0.2) is 0 Å². The molecule has 0 spiro atoms. The maximum absolute atomic E-state index is 7.17. The average molecular weight is 194 g/mol. The Morgan fingerprint density at radius 3 is 2.17 bits per heavy atom. The Labute approximate surface area is 105 Å². The van der Waals surface area contributed by atoms with Gasteiger partial charge in [-0.3, -0.25) is 0 Å². The van der Waals surface area contributed by atoms with Gasteiger partial charge in [0, 0.05) is 0 Å². The van der Waals surface area contributed by atoms with E-state index in [1.165, 1.54) is 0 Å². The first kappa shape index (κ1) is 12.7. The molecular formula is C5H8BKN2O3. The number of hydrogen-bond donors (Lipinski definition) is 3. The van der Waals surface area contributed by atoms with Crippen molar-refractivity contribution in [1.29, 1.82) is 0 Å². The fraction of sp³-hybridized carbons (Fsp3) is 0.200. The predicted molar refractivity (Wildman–Crippen MR) is 43.9 cm³/mol. The van der Waals surface area contributed by atoms with Crippen LogP contribution in [0.1, 0.15) is 5.69 Å². The second kappa shape index (κ2) is 8.27. The van der Waals surface area contributed by atoms with E-state index in [1.54, 1.807) is 12.4 Å². The van der Waals surface area contributed by atoms with E-state index in [0.717, 1.165) is 55.2 Å². The minimum absolute atomic E-state index is 0.864. The summed E-state index contributed by atoms with van der Waals surface area (Å²) in [6.45, 7) is 0. The maximum atomic E-state index is 7.17. The molecule has 3 N–H and O–H groups in total. The normalized spacial score (nSPS) is 8.42. The van der Waals surface area contributed by atoms with Gasteiger partial charge in [0.05, 0.1) is 0 Å². The zero-order valence-corrected chi connectivity index (χ0v) is 9.88. The van der Waals surface area contributed by atoms with Crippen LogP contribution in [0.4, 0.5) is 0 Å². The molecule has 0 aliphatic carbocycles. The molecule has 0 bridgehead atoms. The number of aromatic nitrogens is 2. The Hall–Kier alpha value is 0.661. The van der Waals surface area contributed by atoms with Crippen LogP contribution in [0.15, 0.2) is 18.6 Å². The molecule has 1 aromatic rings. The van der Waals surface area contributed by atoms with Crippen molar-refractivity contribution in [3.8, 4) is 0 Å². The molecule has 5 nitrogen and oxygen atoms in total. The average Bonchev–Trinajstić information content (AvgIpc) is 2.05. The Morgan fingerprint density at radius 1 is 1.33 bits per heavy atom. The quantitative estimate of drug-likeness (QED) is 0.454. The molecule has 0 amide bonds. The van der Waals surface area contributed by atoms with Gasteiger partial charge in [0.1, 0.15) is 0 Å². The standard InChI is InChI=1S/C5H5N2.BH3O3.K/c1-5-4-6-2-3-7-5;2-1(3)4;/h2-4H,1H2;2-4H;. The Morgan fingerprint density at radius 2 is 1.92 bits per heavy atom.